The number of rotatable bonds is 10. The van der Waals surface area contributed by atoms with Crippen molar-refractivity contribution >= 4 is 36.4 Å². The molecule has 27 heavy (non-hydrogen) atoms. The molecule has 0 aliphatic heterocycles. The van der Waals surface area contributed by atoms with Crippen LogP contribution in [0.15, 0.2) is 24.3 Å². The van der Waals surface area contributed by atoms with Crippen LogP contribution in [-0.2, 0) is 25.6 Å². The first-order valence-corrected chi connectivity index (χ1v) is 8.47. The van der Waals surface area contributed by atoms with Crippen LogP contribution >= 0.6 is 12.6 Å². The molecule has 1 aromatic rings. The lowest BCUT2D eigenvalue weighted by Gasteiger charge is -2.21. The van der Waals surface area contributed by atoms with Gasteiger partial charge in [-0.3, -0.25) is 14.4 Å². The number of phenols is 1. The van der Waals surface area contributed by atoms with Gasteiger partial charge in [0.05, 0.1) is 12.5 Å². The first-order valence-electron chi connectivity index (χ1n) is 7.83. The van der Waals surface area contributed by atoms with Crippen LogP contribution in [0.5, 0.6) is 5.75 Å². The molecule has 0 aliphatic carbocycles. The fourth-order valence-corrected chi connectivity index (χ4v) is 2.35. The van der Waals surface area contributed by atoms with Gasteiger partial charge in [-0.05, 0) is 17.7 Å². The highest BCUT2D eigenvalue weighted by Gasteiger charge is 2.28. The van der Waals surface area contributed by atoms with Crippen molar-refractivity contribution in [2.45, 2.75) is 31.0 Å². The number of nitrogens with two attached hydrogens (primary N) is 1. The number of carboxylic acid groups (broad SMARTS) is 2. The van der Waals surface area contributed by atoms with Gasteiger partial charge in [0.25, 0.3) is 0 Å². The van der Waals surface area contributed by atoms with E-state index in [0.717, 1.165) is 0 Å². The number of amides is 2. The monoisotopic (exact) mass is 399 g/mol. The maximum Gasteiger partial charge on any atom is 0.326 e. The summed E-state index contributed by atoms with van der Waals surface area (Å²) in [7, 11) is 0. The molecule has 0 radical (unpaired) electrons. The molecule has 1 rings (SSSR count). The van der Waals surface area contributed by atoms with Gasteiger partial charge < -0.3 is 31.7 Å². The Morgan fingerprint density at radius 2 is 1.56 bits per heavy atom. The summed E-state index contributed by atoms with van der Waals surface area (Å²) in [5, 5.41) is 31.7. The van der Waals surface area contributed by atoms with Gasteiger partial charge in [0.2, 0.25) is 11.8 Å². The van der Waals surface area contributed by atoms with E-state index in [2.05, 4.69) is 23.3 Å². The van der Waals surface area contributed by atoms with Crippen LogP contribution < -0.4 is 16.4 Å². The van der Waals surface area contributed by atoms with Gasteiger partial charge in [0, 0.05) is 12.2 Å². The third-order valence-corrected chi connectivity index (χ3v) is 3.90. The van der Waals surface area contributed by atoms with Crippen LogP contribution in [0.1, 0.15) is 12.0 Å². The highest BCUT2D eigenvalue weighted by atomic mass is 32.1. The third kappa shape index (κ3) is 7.54. The first-order chi connectivity index (χ1) is 12.6. The van der Waals surface area contributed by atoms with E-state index in [4.69, 9.17) is 10.8 Å². The average molecular weight is 399 g/mol. The van der Waals surface area contributed by atoms with E-state index >= 15 is 0 Å². The van der Waals surface area contributed by atoms with Gasteiger partial charge in [0.1, 0.15) is 17.8 Å². The summed E-state index contributed by atoms with van der Waals surface area (Å²) in [4.78, 5) is 46.1. The Bertz CT molecular complexity index is 696. The molecular formula is C16H21N3O7S. The summed E-state index contributed by atoms with van der Waals surface area (Å²) >= 11 is 3.94. The molecule has 1 aromatic carbocycles. The molecule has 2 amide bonds. The predicted molar refractivity (Wildman–Crippen MR) is 97.4 cm³/mol. The number of aromatic hydroxyl groups is 1. The zero-order valence-corrected chi connectivity index (χ0v) is 15.1. The quantitative estimate of drug-likeness (QED) is 0.238. The molecule has 0 bridgehead atoms. The van der Waals surface area contributed by atoms with E-state index in [-0.39, 0.29) is 17.9 Å². The minimum Gasteiger partial charge on any atom is -0.508 e. The second kappa shape index (κ2) is 10.4. The number of carboxylic acids is 2. The van der Waals surface area contributed by atoms with Crippen LogP contribution in [0.3, 0.4) is 0 Å². The third-order valence-electron chi connectivity index (χ3n) is 3.54. The summed E-state index contributed by atoms with van der Waals surface area (Å²) in [5.74, 6) is -4.36. The standard InChI is InChI=1S/C16H21N3O7S/c17-10(6-13(21)22)14(23)19-12(7-27)15(24)18-11(16(25)26)5-8-1-3-9(20)4-2-8/h1-4,10-12,20,27H,5-7,17H2,(H,18,24)(H,19,23)(H,21,22)(H,25,26)/t10-,11-,12-/m0/s1. The Morgan fingerprint density at radius 3 is 2.04 bits per heavy atom. The number of carbonyl (C=O) groups is 4. The van der Waals surface area contributed by atoms with E-state index < -0.39 is 48.3 Å². The van der Waals surface area contributed by atoms with Crippen molar-refractivity contribution in [1.29, 1.82) is 0 Å². The Hall–Kier alpha value is -2.79. The fraction of sp³-hybridized carbons (Fsp3) is 0.375. The number of hydrogen-bond donors (Lipinski definition) is 7. The second-order valence-electron chi connectivity index (χ2n) is 5.72. The van der Waals surface area contributed by atoms with Crippen LogP contribution in [0, 0.1) is 0 Å². The van der Waals surface area contributed by atoms with Crippen molar-refractivity contribution in [1.82, 2.24) is 10.6 Å². The van der Waals surface area contributed by atoms with Crippen LogP contribution in [-0.4, -0.2) is 63.0 Å². The lowest BCUT2D eigenvalue weighted by Crippen LogP contribution is -2.55. The molecule has 0 aromatic heterocycles. The zero-order chi connectivity index (χ0) is 20.6. The molecule has 7 N–H and O–H groups in total. The van der Waals surface area contributed by atoms with E-state index in [0.29, 0.717) is 5.56 Å². The van der Waals surface area contributed by atoms with E-state index in [1.165, 1.54) is 24.3 Å². The number of benzene rings is 1. The van der Waals surface area contributed by atoms with Crippen molar-refractivity contribution in [3.8, 4) is 5.75 Å². The summed E-state index contributed by atoms with van der Waals surface area (Å²) in [6.45, 7) is 0. The topological polar surface area (TPSA) is 179 Å². The zero-order valence-electron chi connectivity index (χ0n) is 14.2. The molecule has 0 unspecified atom stereocenters. The van der Waals surface area contributed by atoms with Gasteiger partial charge in [-0.15, -0.1) is 0 Å². The lowest BCUT2D eigenvalue weighted by molar-refractivity contribution is -0.142. The van der Waals surface area contributed by atoms with Gasteiger partial charge in [-0.1, -0.05) is 12.1 Å². The molecule has 0 fully saturated rings. The number of carbonyl (C=O) groups excluding carboxylic acids is 2. The van der Waals surface area contributed by atoms with Crippen molar-refractivity contribution in [3.63, 3.8) is 0 Å². The average Bonchev–Trinajstić information content (AvgIpc) is 2.59. The summed E-state index contributed by atoms with van der Waals surface area (Å²) in [6.07, 6.45) is -0.668. The van der Waals surface area contributed by atoms with Crippen molar-refractivity contribution in [2.24, 2.45) is 5.73 Å². The van der Waals surface area contributed by atoms with Crippen LogP contribution in [0.2, 0.25) is 0 Å². The van der Waals surface area contributed by atoms with E-state index in [1.807, 2.05) is 0 Å². The maximum absolute atomic E-state index is 12.3. The largest absolute Gasteiger partial charge is 0.508 e. The highest BCUT2D eigenvalue weighted by molar-refractivity contribution is 7.80. The molecule has 0 aliphatic rings. The normalized spacial score (nSPS) is 13.9. The van der Waals surface area contributed by atoms with Gasteiger partial charge >= 0.3 is 11.9 Å². The molecule has 3 atom stereocenters. The molecule has 0 heterocycles. The molecule has 0 spiro atoms. The summed E-state index contributed by atoms with van der Waals surface area (Å²) in [6, 6.07) is 1.97. The summed E-state index contributed by atoms with van der Waals surface area (Å²) < 4.78 is 0. The van der Waals surface area contributed by atoms with Gasteiger partial charge in [-0.2, -0.15) is 12.6 Å². The Morgan fingerprint density at radius 1 is 1.00 bits per heavy atom. The van der Waals surface area contributed by atoms with Crippen LogP contribution in [0.25, 0.3) is 0 Å². The first kappa shape index (κ1) is 22.3. The number of phenolic OH excluding ortho intramolecular Hbond substituents is 1. The molecule has 0 saturated heterocycles. The predicted octanol–water partition coefficient (Wildman–Crippen LogP) is -1.28. The SMILES string of the molecule is N[C@@H](CC(=O)O)C(=O)N[C@@H](CS)C(=O)N[C@@H](Cc1ccc(O)cc1)C(=O)O. The van der Waals surface area contributed by atoms with Crippen molar-refractivity contribution in [2.75, 3.05) is 5.75 Å². The molecular weight excluding hydrogens is 378 g/mol. The minimum atomic E-state index is -1.36. The molecule has 10 nitrogen and oxygen atoms in total. The maximum atomic E-state index is 12.3. The van der Waals surface area contributed by atoms with Crippen molar-refractivity contribution in [3.05, 3.63) is 29.8 Å². The number of hydrogen-bond acceptors (Lipinski definition) is 7. The minimum absolute atomic E-state index is 0.0187. The lowest BCUT2D eigenvalue weighted by atomic mass is 10.1. The number of thiol groups is 1. The highest BCUT2D eigenvalue weighted by Crippen LogP contribution is 2.11. The fourth-order valence-electron chi connectivity index (χ4n) is 2.09. The van der Waals surface area contributed by atoms with E-state index in [9.17, 15) is 29.4 Å². The van der Waals surface area contributed by atoms with Crippen LogP contribution in [0.4, 0.5) is 0 Å². The molecule has 11 heteroatoms. The molecule has 0 saturated carbocycles. The Balaban J connectivity index is 2.74. The second-order valence-corrected chi connectivity index (χ2v) is 6.08. The van der Waals surface area contributed by atoms with Gasteiger partial charge in [-0.25, -0.2) is 4.79 Å². The van der Waals surface area contributed by atoms with Gasteiger partial charge in [0.15, 0.2) is 0 Å². The molecule has 148 valence electrons. The van der Waals surface area contributed by atoms with E-state index in [1.54, 1.807) is 0 Å². The Kier molecular flexibility index (Phi) is 8.56. The van der Waals surface area contributed by atoms with Crippen molar-refractivity contribution < 1.29 is 34.5 Å². The Labute approximate surface area is 160 Å². The number of aliphatic carboxylic acids is 2. The number of nitrogens with one attached hydrogen (secondary N) is 2. The smallest absolute Gasteiger partial charge is 0.326 e. The summed E-state index contributed by atoms with van der Waals surface area (Å²) in [5.41, 5.74) is 5.99.